The van der Waals surface area contributed by atoms with Crippen molar-refractivity contribution in [3.63, 3.8) is 0 Å². The molecule has 4 heterocycles. The van der Waals surface area contributed by atoms with Crippen molar-refractivity contribution in [2.24, 2.45) is 0 Å². The molecule has 9 aromatic carbocycles. The van der Waals surface area contributed by atoms with Gasteiger partial charge in [0.05, 0.1) is 0 Å². The van der Waals surface area contributed by atoms with Gasteiger partial charge in [0.15, 0.2) is 17.5 Å². The van der Waals surface area contributed by atoms with Crippen molar-refractivity contribution < 1.29 is 8.83 Å². The van der Waals surface area contributed by atoms with Crippen molar-refractivity contribution in [3.05, 3.63) is 207 Å². The van der Waals surface area contributed by atoms with Crippen molar-refractivity contribution in [3.8, 4) is 67.5 Å². The number of rotatable bonds is 6. The molecule has 0 saturated heterocycles. The molecular formula is C58H34N4O2. The number of aromatic nitrogens is 4. The summed E-state index contributed by atoms with van der Waals surface area (Å²) in [5.41, 5.74) is 12.4. The Morgan fingerprint density at radius 3 is 1.22 bits per heavy atom. The highest BCUT2D eigenvalue weighted by Gasteiger charge is 2.18. The number of nitrogens with zero attached hydrogens (tertiary/aromatic N) is 4. The Morgan fingerprint density at radius 1 is 0.266 bits per heavy atom. The van der Waals surface area contributed by atoms with Gasteiger partial charge in [0, 0.05) is 50.6 Å². The monoisotopic (exact) mass is 818 g/mol. The minimum Gasteiger partial charge on any atom is -0.456 e. The van der Waals surface area contributed by atoms with Gasteiger partial charge in [-0.2, -0.15) is 0 Å². The van der Waals surface area contributed by atoms with Gasteiger partial charge in [-0.05, 0) is 128 Å². The number of pyridine rings is 1. The van der Waals surface area contributed by atoms with Crippen LogP contribution in [0, 0.1) is 0 Å². The molecule has 13 aromatic rings. The van der Waals surface area contributed by atoms with Crippen molar-refractivity contribution in [1.82, 2.24) is 19.9 Å². The first-order valence-corrected chi connectivity index (χ1v) is 21.3. The Morgan fingerprint density at radius 2 is 0.688 bits per heavy atom. The van der Waals surface area contributed by atoms with Gasteiger partial charge in [-0.3, -0.25) is 4.98 Å². The second-order valence-corrected chi connectivity index (χ2v) is 16.3. The topological polar surface area (TPSA) is 77.8 Å². The Balaban J connectivity index is 1.01. The van der Waals surface area contributed by atoms with Crippen molar-refractivity contribution in [1.29, 1.82) is 0 Å². The first kappa shape index (κ1) is 36.0. The fourth-order valence-electron chi connectivity index (χ4n) is 9.07. The lowest BCUT2D eigenvalue weighted by molar-refractivity contribution is 0.669. The first-order chi connectivity index (χ1) is 31.6. The van der Waals surface area contributed by atoms with Crippen molar-refractivity contribution in [2.45, 2.75) is 0 Å². The van der Waals surface area contributed by atoms with E-state index in [4.69, 9.17) is 23.8 Å². The normalized spacial score (nSPS) is 11.8. The molecule has 0 N–H and O–H groups in total. The minimum atomic E-state index is 0.575. The third-order valence-corrected chi connectivity index (χ3v) is 12.3. The zero-order chi connectivity index (χ0) is 42.1. The Kier molecular flexibility index (Phi) is 8.11. The minimum absolute atomic E-state index is 0.575. The SMILES string of the molecule is c1ccc(-c2nc(-c3ccc(-c4cccnc4)cc3)nc(-c3cc(-c4ccc5oc6cc7ccccc7cc6c5c4)cc(-c4ccc5oc6cc7ccccc7cc6c5c4)c3)n2)cc1. The molecule has 0 aliphatic heterocycles. The summed E-state index contributed by atoms with van der Waals surface area (Å²) in [6, 6.07) is 67.6. The third kappa shape index (κ3) is 6.19. The zero-order valence-corrected chi connectivity index (χ0v) is 34.2. The highest BCUT2D eigenvalue weighted by Crippen LogP contribution is 2.40. The maximum absolute atomic E-state index is 6.44. The summed E-state index contributed by atoms with van der Waals surface area (Å²) >= 11 is 0. The number of furan rings is 2. The van der Waals surface area contributed by atoms with Crippen LogP contribution in [0.2, 0.25) is 0 Å². The van der Waals surface area contributed by atoms with Crippen molar-refractivity contribution >= 4 is 65.4 Å². The van der Waals surface area contributed by atoms with Gasteiger partial charge in [0.2, 0.25) is 0 Å². The van der Waals surface area contributed by atoms with Crippen LogP contribution < -0.4 is 0 Å². The van der Waals surface area contributed by atoms with Crippen LogP contribution in [-0.2, 0) is 0 Å². The third-order valence-electron chi connectivity index (χ3n) is 12.3. The van der Waals surface area contributed by atoms with Crippen LogP contribution in [0.5, 0.6) is 0 Å². The van der Waals surface area contributed by atoms with E-state index >= 15 is 0 Å². The summed E-state index contributed by atoms with van der Waals surface area (Å²) in [6.07, 6.45) is 3.66. The second kappa shape index (κ2) is 14.4. The van der Waals surface area contributed by atoms with Crippen molar-refractivity contribution in [2.75, 3.05) is 0 Å². The predicted molar refractivity (Wildman–Crippen MR) is 260 cm³/mol. The fraction of sp³-hybridized carbons (Fsp3) is 0. The molecule has 0 spiro atoms. The van der Waals surface area contributed by atoms with E-state index in [9.17, 15) is 0 Å². The molecule has 0 unspecified atom stereocenters. The molecule has 0 aliphatic rings. The molecule has 0 atom stereocenters. The van der Waals surface area contributed by atoms with Gasteiger partial charge in [-0.15, -0.1) is 0 Å². The van der Waals surface area contributed by atoms with Crippen LogP contribution in [0.25, 0.3) is 133 Å². The average Bonchev–Trinajstić information content (AvgIpc) is 3.91. The maximum atomic E-state index is 6.44. The van der Waals surface area contributed by atoms with Gasteiger partial charge in [0.1, 0.15) is 22.3 Å². The Hall–Kier alpha value is -8.74. The molecule has 64 heavy (non-hydrogen) atoms. The molecule has 0 radical (unpaired) electrons. The maximum Gasteiger partial charge on any atom is 0.164 e. The Labute approximate surface area is 366 Å². The van der Waals surface area contributed by atoms with Gasteiger partial charge < -0.3 is 8.83 Å². The molecule has 0 saturated carbocycles. The second-order valence-electron chi connectivity index (χ2n) is 16.3. The van der Waals surface area contributed by atoms with Crippen LogP contribution in [0.1, 0.15) is 0 Å². The first-order valence-electron chi connectivity index (χ1n) is 21.3. The lowest BCUT2D eigenvalue weighted by Gasteiger charge is -2.13. The fourth-order valence-corrected chi connectivity index (χ4v) is 9.07. The number of hydrogen-bond acceptors (Lipinski definition) is 6. The summed E-state index contributed by atoms with van der Waals surface area (Å²) < 4.78 is 12.9. The average molecular weight is 819 g/mol. The van der Waals surface area contributed by atoms with E-state index < -0.39 is 0 Å². The summed E-state index contributed by atoms with van der Waals surface area (Å²) in [7, 11) is 0. The van der Waals surface area contributed by atoms with Crippen LogP contribution in [-0.4, -0.2) is 19.9 Å². The number of benzene rings is 9. The van der Waals surface area contributed by atoms with Crippen LogP contribution >= 0.6 is 0 Å². The predicted octanol–water partition coefficient (Wildman–Crippen LogP) is 15.4. The lowest BCUT2D eigenvalue weighted by atomic mass is 9.94. The lowest BCUT2D eigenvalue weighted by Crippen LogP contribution is -2.00. The summed E-state index contributed by atoms with van der Waals surface area (Å²) in [4.78, 5) is 19.8. The Bertz CT molecular complexity index is 3780. The van der Waals surface area contributed by atoms with Gasteiger partial charge in [-0.25, -0.2) is 15.0 Å². The highest BCUT2D eigenvalue weighted by molar-refractivity contribution is 6.12. The van der Waals surface area contributed by atoms with E-state index in [1.807, 2.05) is 42.6 Å². The van der Waals surface area contributed by atoms with E-state index in [0.717, 1.165) is 105 Å². The highest BCUT2D eigenvalue weighted by atomic mass is 16.3. The van der Waals surface area contributed by atoms with E-state index in [1.54, 1.807) is 6.20 Å². The largest absolute Gasteiger partial charge is 0.456 e. The number of fused-ring (bicyclic) bond motifs is 8. The van der Waals surface area contributed by atoms with Gasteiger partial charge >= 0.3 is 0 Å². The van der Waals surface area contributed by atoms with Crippen LogP contribution in [0.4, 0.5) is 0 Å². The molecule has 298 valence electrons. The molecule has 6 heteroatoms. The van der Waals surface area contributed by atoms with Gasteiger partial charge in [0.25, 0.3) is 0 Å². The molecule has 4 aromatic heterocycles. The van der Waals surface area contributed by atoms with Crippen LogP contribution in [0.3, 0.4) is 0 Å². The molecule has 6 nitrogen and oxygen atoms in total. The van der Waals surface area contributed by atoms with E-state index in [1.165, 1.54) is 10.8 Å². The summed E-state index contributed by atoms with van der Waals surface area (Å²) in [5.74, 6) is 1.76. The van der Waals surface area contributed by atoms with E-state index in [-0.39, 0.29) is 0 Å². The summed E-state index contributed by atoms with van der Waals surface area (Å²) in [6.45, 7) is 0. The molecule has 0 fully saturated rings. The number of hydrogen-bond donors (Lipinski definition) is 0. The van der Waals surface area contributed by atoms with E-state index in [2.05, 4.69) is 163 Å². The molecule has 0 amide bonds. The van der Waals surface area contributed by atoms with Gasteiger partial charge in [-0.1, -0.05) is 121 Å². The molecular weight excluding hydrogens is 785 g/mol. The quantitative estimate of drug-likeness (QED) is 0.166. The molecule has 0 bridgehead atoms. The smallest absolute Gasteiger partial charge is 0.164 e. The molecule has 13 rings (SSSR count). The zero-order valence-electron chi connectivity index (χ0n) is 34.2. The summed E-state index contributed by atoms with van der Waals surface area (Å²) in [5, 5.41) is 8.95. The standard InChI is InChI=1S/C58H34N4O2/c1-2-9-36(10-3-1)56-60-57(37-18-16-35(17-19-37)44-15-8-24-59-34-44)62-58(61-56)47-26-45(42-20-22-52-48(30-42)50-28-38-11-4-6-13-40(38)32-54(50)63-52)25-46(27-47)43-21-23-53-49(31-43)51-29-39-12-5-7-14-41(39)33-55(51)64-53/h1-34H. The van der Waals surface area contributed by atoms with E-state index in [0.29, 0.717) is 17.5 Å². The van der Waals surface area contributed by atoms with Crippen LogP contribution in [0.15, 0.2) is 215 Å². The molecule has 0 aliphatic carbocycles.